The average Bonchev–Trinajstić information content (AvgIpc) is 2.48. The Hall–Kier alpha value is -1.69. The monoisotopic (exact) mass is 279 g/mol. The Bertz CT molecular complexity index is 428. The molecule has 110 valence electrons. The fourth-order valence-electron chi connectivity index (χ4n) is 2.59. The van der Waals surface area contributed by atoms with E-state index in [2.05, 4.69) is 15.3 Å². The van der Waals surface area contributed by atoms with Crippen LogP contribution < -0.4 is 5.32 Å². The molecule has 1 saturated carbocycles. The van der Waals surface area contributed by atoms with E-state index in [0.29, 0.717) is 11.9 Å². The zero-order valence-electron chi connectivity index (χ0n) is 11.7. The van der Waals surface area contributed by atoms with Crippen LogP contribution in [0.25, 0.3) is 0 Å². The lowest BCUT2D eigenvalue weighted by atomic mass is 9.85. The van der Waals surface area contributed by atoms with Gasteiger partial charge in [-0.2, -0.15) is 0 Å². The summed E-state index contributed by atoms with van der Waals surface area (Å²) in [5, 5.41) is 11.9. The zero-order chi connectivity index (χ0) is 14.4. The molecule has 2 N–H and O–H groups in total. The Labute approximate surface area is 118 Å². The molecule has 1 fully saturated rings. The zero-order valence-corrected chi connectivity index (χ0v) is 11.7. The number of carboxylic acid groups (broad SMARTS) is 1. The molecule has 0 amide bonds. The van der Waals surface area contributed by atoms with E-state index in [0.717, 1.165) is 31.7 Å². The van der Waals surface area contributed by atoms with Crippen LogP contribution in [0.2, 0.25) is 0 Å². The quantitative estimate of drug-likeness (QED) is 0.830. The van der Waals surface area contributed by atoms with Crippen LogP contribution >= 0.6 is 0 Å². The highest BCUT2D eigenvalue weighted by Gasteiger charge is 2.20. The van der Waals surface area contributed by atoms with Crippen molar-refractivity contribution >= 4 is 11.8 Å². The molecule has 20 heavy (non-hydrogen) atoms. The summed E-state index contributed by atoms with van der Waals surface area (Å²) in [6.07, 6.45) is 8.99. The third kappa shape index (κ3) is 4.16. The molecule has 6 heteroatoms. The van der Waals surface area contributed by atoms with Gasteiger partial charge in [0.2, 0.25) is 0 Å². The van der Waals surface area contributed by atoms with Gasteiger partial charge in [0.05, 0.1) is 18.5 Å². The van der Waals surface area contributed by atoms with Crippen LogP contribution in [0.15, 0.2) is 12.4 Å². The fraction of sp³-hybridized carbons (Fsp3) is 0.643. The van der Waals surface area contributed by atoms with Gasteiger partial charge in [-0.05, 0) is 38.0 Å². The lowest BCUT2D eigenvalue weighted by Crippen LogP contribution is -2.22. The molecule has 1 aromatic rings. The van der Waals surface area contributed by atoms with Crippen LogP contribution in [0.1, 0.15) is 42.6 Å². The average molecular weight is 279 g/mol. The van der Waals surface area contributed by atoms with Gasteiger partial charge in [-0.15, -0.1) is 0 Å². The van der Waals surface area contributed by atoms with E-state index >= 15 is 0 Å². The van der Waals surface area contributed by atoms with Gasteiger partial charge in [-0.3, -0.25) is 0 Å². The van der Waals surface area contributed by atoms with Crippen molar-refractivity contribution in [2.24, 2.45) is 5.92 Å². The Balaban J connectivity index is 1.69. The number of methoxy groups -OCH3 is 1. The van der Waals surface area contributed by atoms with Gasteiger partial charge in [0.1, 0.15) is 5.82 Å². The smallest absolute Gasteiger partial charge is 0.356 e. The maximum Gasteiger partial charge on any atom is 0.356 e. The summed E-state index contributed by atoms with van der Waals surface area (Å²) < 4.78 is 5.36. The second-order valence-electron chi connectivity index (χ2n) is 5.19. The molecular formula is C14H21N3O3. The van der Waals surface area contributed by atoms with Crippen LogP contribution in [0.5, 0.6) is 0 Å². The lowest BCUT2D eigenvalue weighted by Gasteiger charge is -2.27. The Morgan fingerprint density at radius 1 is 1.35 bits per heavy atom. The van der Waals surface area contributed by atoms with E-state index in [1.807, 2.05) is 0 Å². The van der Waals surface area contributed by atoms with E-state index in [9.17, 15) is 4.79 Å². The number of carbonyl (C=O) groups is 1. The first-order valence-corrected chi connectivity index (χ1v) is 7.01. The Morgan fingerprint density at radius 2 is 2.10 bits per heavy atom. The first kappa shape index (κ1) is 14.7. The summed E-state index contributed by atoms with van der Waals surface area (Å²) in [7, 11) is 1.78. The molecule has 0 aromatic carbocycles. The minimum Gasteiger partial charge on any atom is -0.476 e. The summed E-state index contributed by atoms with van der Waals surface area (Å²) in [5.74, 6) is 0.305. The number of nitrogens with zero attached hydrogens (tertiary/aromatic N) is 2. The van der Waals surface area contributed by atoms with Gasteiger partial charge >= 0.3 is 5.97 Å². The standard InChI is InChI=1S/C14H21N3O3/c1-20-11-4-2-10(3-5-11)6-7-15-13-9-16-12(8-17-13)14(18)19/h8-11H,2-7H2,1H3,(H,15,17)(H,18,19). The van der Waals surface area contributed by atoms with Crippen LogP contribution in [0.3, 0.4) is 0 Å². The number of aromatic nitrogens is 2. The number of ether oxygens (including phenoxy) is 1. The first-order chi connectivity index (χ1) is 9.69. The molecule has 0 saturated heterocycles. The van der Waals surface area contributed by atoms with Gasteiger partial charge < -0.3 is 15.2 Å². The van der Waals surface area contributed by atoms with Crippen molar-refractivity contribution in [1.29, 1.82) is 0 Å². The minimum absolute atomic E-state index is 0.0339. The van der Waals surface area contributed by atoms with Crippen molar-refractivity contribution in [3.8, 4) is 0 Å². The van der Waals surface area contributed by atoms with Gasteiger partial charge in [0.15, 0.2) is 5.69 Å². The number of anilines is 1. The van der Waals surface area contributed by atoms with Crippen molar-refractivity contribution in [1.82, 2.24) is 9.97 Å². The number of hydrogen-bond acceptors (Lipinski definition) is 5. The van der Waals surface area contributed by atoms with E-state index in [1.54, 1.807) is 7.11 Å². The lowest BCUT2D eigenvalue weighted by molar-refractivity contribution is 0.0561. The number of aromatic carboxylic acids is 1. The minimum atomic E-state index is -1.06. The topological polar surface area (TPSA) is 84.3 Å². The van der Waals surface area contributed by atoms with Crippen LogP contribution in [0, 0.1) is 5.92 Å². The van der Waals surface area contributed by atoms with Crippen molar-refractivity contribution in [2.45, 2.75) is 38.2 Å². The van der Waals surface area contributed by atoms with Gasteiger partial charge in [-0.1, -0.05) is 0 Å². The molecule has 1 aliphatic rings. The second-order valence-corrected chi connectivity index (χ2v) is 5.19. The van der Waals surface area contributed by atoms with Crippen LogP contribution in [0.4, 0.5) is 5.82 Å². The van der Waals surface area contributed by atoms with E-state index in [-0.39, 0.29) is 5.69 Å². The molecule has 0 spiro atoms. The number of carboxylic acids is 1. The second kappa shape index (κ2) is 7.19. The molecular weight excluding hydrogens is 258 g/mol. The maximum atomic E-state index is 10.7. The van der Waals surface area contributed by atoms with Gasteiger partial charge in [0.25, 0.3) is 0 Å². The summed E-state index contributed by atoms with van der Waals surface area (Å²) in [6, 6.07) is 0. The molecule has 6 nitrogen and oxygen atoms in total. The predicted octanol–water partition coefficient (Wildman–Crippen LogP) is 2.18. The highest BCUT2D eigenvalue weighted by atomic mass is 16.5. The molecule has 1 aromatic heterocycles. The van der Waals surface area contributed by atoms with E-state index in [1.165, 1.54) is 25.2 Å². The third-order valence-electron chi connectivity index (χ3n) is 3.86. The van der Waals surface area contributed by atoms with Crippen molar-refractivity contribution in [2.75, 3.05) is 19.0 Å². The Morgan fingerprint density at radius 3 is 2.65 bits per heavy atom. The van der Waals surface area contributed by atoms with Crippen LogP contribution in [-0.4, -0.2) is 40.8 Å². The molecule has 0 aliphatic heterocycles. The fourth-order valence-corrected chi connectivity index (χ4v) is 2.59. The number of rotatable bonds is 6. The maximum absolute atomic E-state index is 10.7. The molecule has 0 atom stereocenters. The number of nitrogens with one attached hydrogen (secondary N) is 1. The normalized spacial score (nSPS) is 22.4. The summed E-state index contributed by atoms with van der Waals surface area (Å²) >= 11 is 0. The predicted molar refractivity (Wildman–Crippen MR) is 74.9 cm³/mol. The van der Waals surface area contributed by atoms with Gasteiger partial charge in [0, 0.05) is 13.7 Å². The SMILES string of the molecule is COC1CCC(CCNc2cnc(C(=O)O)cn2)CC1. The Kier molecular flexibility index (Phi) is 5.29. The largest absolute Gasteiger partial charge is 0.476 e. The third-order valence-corrected chi connectivity index (χ3v) is 3.86. The number of hydrogen-bond donors (Lipinski definition) is 2. The summed E-state index contributed by atoms with van der Waals surface area (Å²) in [5.41, 5.74) is -0.0339. The summed E-state index contributed by atoms with van der Waals surface area (Å²) in [6.45, 7) is 0.837. The molecule has 0 unspecified atom stereocenters. The van der Waals surface area contributed by atoms with Crippen molar-refractivity contribution < 1.29 is 14.6 Å². The first-order valence-electron chi connectivity index (χ1n) is 7.01. The highest BCUT2D eigenvalue weighted by molar-refractivity contribution is 5.84. The molecule has 1 aliphatic carbocycles. The molecule has 0 bridgehead atoms. The summed E-state index contributed by atoms with van der Waals surface area (Å²) in [4.78, 5) is 18.5. The van der Waals surface area contributed by atoms with Gasteiger partial charge in [-0.25, -0.2) is 14.8 Å². The molecule has 0 radical (unpaired) electrons. The molecule has 2 rings (SSSR count). The van der Waals surface area contributed by atoms with E-state index in [4.69, 9.17) is 9.84 Å². The van der Waals surface area contributed by atoms with Crippen molar-refractivity contribution in [3.05, 3.63) is 18.1 Å². The molecule has 1 heterocycles. The van der Waals surface area contributed by atoms with Crippen molar-refractivity contribution in [3.63, 3.8) is 0 Å². The highest BCUT2D eigenvalue weighted by Crippen LogP contribution is 2.28. The van der Waals surface area contributed by atoms with E-state index < -0.39 is 5.97 Å². The van der Waals surface area contributed by atoms with Crippen LogP contribution in [-0.2, 0) is 4.74 Å².